The van der Waals surface area contributed by atoms with Crippen LogP contribution in [0.5, 0.6) is 0 Å². The number of hydrogen-bond donors (Lipinski definition) is 1. The molecule has 0 bridgehead atoms. The van der Waals surface area contributed by atoms with Gasteiger partial charge in [0, 0.05) is 11.4 Å². The van der Waals surface area contributed by atoms with Gasteiger partial charge in [-0.3, -0.25) is 0 Å². The molecule has 0 atom stereocenters. The summed E-state index contributed by atoms with van der Waals surface area (Å²) in [5.41, 5.74) is 6.59. The summed E-state index contributed by atoms with van der Waals surface area (Å²) in [6.45, 7) is 4.14. The second kappa shape index (κ2) is 7.14. The van der Waals surface area contributed by atoms with Crippen LogP contribution in [-0.4, -0.2) is 0 Å². The summed E-state index contributed by atoms with van der Waals surface area (Å²) in [6, 6.07) is 21.1. The van der Waals surface area contributed by atoms with Crippen molar-refractivity contribution in [2.45, 2.75) is 13.8 Å². The maximum absolute atomic E-state index is 13.0. The molecule has 1 nitrogen and oxygen atoms in total. The highest BCUT2D eigenvalue weighted by Gasteiger charge is 2.01. The van der Waals surface area contributed by atoms with Gasteiger partial charge in [-0.1, -0.05) is 54.1 Å². The van der Waals surface area contributed by atoms with Crippen LogP contribution in [0.4, 0.5) is 15.8 Å². The van der Waals surface area contributed by atoms with Gasteiger partial charge in [-0.05, 0) is 60.9 Å². The van der Waals surface area contributed by atoms with Gasteiger partial charge >= 0.3 is 0 Å². The summed E-state index contributed by atoms with van der Waals surface area (Å²) >= 11 is 0. The Labute approximate surface area is 142 Å². The lowest BCUT2D eigenvalue weighted by molar-refractivity contribution is 0.628. The monoisotopic (exact) mass is 317 g/mol. The van der Waals surface area contributed by atoms with Crippen molar-refractivity contribution in [3.63, 3.8) is 0 Å². The first-order valence-corrected chi connectivity index (χ1v) is 7.98. The van der Waals surface area contributed by atoms with Crippen LogP contribution in [0.15, 0.2) is 66.7 Å². The van der Waals surface area contributed by atoms with E-state index in [1.807, 2.05) is 0 Å². The van der Waals surface area contributed by atoms with Crippen LogP contribution in [0.1, 0.15) is 22.3 Å². The lowest BCUT2D eigenvalue weighted by Gasteiger charge is -2.10. The van der Waals surface area contributed by atoms with Gasteiger partial charge in [0.25, 0.3) is 0 Å². The van der Waals surface area contributed by atoms with Gasteiger partial charge in [-0.25, -0.2) is 4.39 Å². The number of nitrogens with one attached hydrogen (secondary N) is 1. The van der Waals surface area contributed by atoms with Gasteiger partial charge in [0.2, 0.25) is 0 Å². The van der Waals surface area contributed by atoms with Crippen LogP contribution in [-0.2, 0) is 0 Å². The second-order valence-corrected chi connectivity index (χ2v) is 5.95. The largest absolute Gasteiger partial charge is 0.355 e. The first kappa shape index (κ1) is 16.0. The Hall–Kier alpha value is -2.87. The molecule has 3 rings (SSSR count). The number of rotatable bonds is 4. The molecule has 0 aliphatic rings. The summed E-state index contributed by atoms with van der Waals surface area (Å²) < 4.78 is 13.0. The Morgan fingerprint density at radius 3 is 2.08 bits per heavy atom. The summed E-state index contributed by atoms with van der Waals surface area (Å²) in [5, 5.41) is 3.34. The first-order valence-electron chi connectivity index (χ1n) is 7.98. The van der Waals surface area contributed by atoms with Gasteiger partial charge in [0.1, 0.15) is 5.82 Å². The van der Waals surface area contributed by atoms with Gasteiger partial charge in [0.15, 0.2) is 0 Å². The van der Waals surface area contributed by atoms with Gasteiger partial charge in [-0.15, -0.1) is 0 Å². The van der Waals surface area contributed by atoms with E-state index in [4.69, 9.17) is 0 Å². The maximum atomic E-state index is 13.0. The average Bonchev–Trinajstić information content (AvgIpc) is 2.59. The van der Waals surface area contributed by atoms with Crippen molar-refractivity contribution < 1.29 is 4.39 Å². The highest BCUT2D eigenvalue weighted by molar-refractivity contribution is 5.73. The van der Waals surface area contributed by atoms with Gasteiger partial charge in [-0.2, -0.15) is 0 Å². The predicted octanol–water partition coefficient (Wildman–Crippen LogP) is 6.36. The van der Waals surface area contributed by atoms with Crippen molar-refractivity contribution in [1.82, 2.24) is 0 Å². The molecule has 0 saturated carbocycles. The molecule has 1 N–H and O–H groups in total. The molecule has 120 valence electrons. The van der Waals surface area contributed by atoms with Crippen LogP contribution >= 0.6 is 0 Å². The number of aryl methyl sites for hydroxylation is 2. The van der Waals surface area contributed by atoms with E-state index < -0.39 is 0 Å². The molecule has 0 fully saturated rings. The highest BCUT2D eigenvalue weighted by Crippen LogP contribution is 2.23. The molecule has 0 aliphatic carbocycles. The van der Waals surface area contributed by atoms with E-state index in [0.29, 0.717) is 0 Å². The standard InChI is InChI=1S/C22H20FN/c1-16-3-6-18(7-4-16)9-10-19-8-5-17(2)22(15-19)24-21-13-11-20(23)12-14-21/h3-15,24H,1-2H3/b10-9+. The Balaban J connectivity index is 1.80. The maximum Gasteiger partial charge on any atom is 0.123 e. The Morgan fingerprint density at radius 2 is 1.38 bits per heavy atom. The molecule has 0 unspecified atom stereocenters. The zero-order chi connectivity index (χ0) is 16.9. The molecule has 24 heavy (non-hydrogen) atoms. The van der Waals surface area contributed by atoms with E-state index in [0.717, 1.165) is 22.5 Å². The fourth-order valence-corrected chi connectivity index (χ4v) is 2.44. The number of hydrogen-bond acceptors (Lipinski definition) is 1. The van der Waals surface area contributed by atoms with Crippen molar-refractivity contribution >= 4 is 23.5 Å². The van der Waals surface area contributed by atoms with Crippen molar-refractivity contribution in [2.75, 3.05) is 5.32 Å². The third-order valence-corrected chi connectivity index (χ3v) is 3.93. The van der Waals surface area contributed by atoms with Crippen molar-refractivity contribution in [3.8, 4) is 0 Å². The SMILES string of the molecule is Cc1ccc(/C=C/c2ccc(C)c(Nc3ccc(F)cc3)c2)cc1. The minimum Gasteiger partial charge on any atom is -0.355 e. The molecule has 0 radical (unpaired) electrons. The second-order valence-electron chi connectivity index (χ2n) is 5.95. The fraction of sp³-hybridized carbons (Fsp3) is 0.0909. The summed E-state index contributed by atoms with van der Waals surface area (Å²) in [4.78, 5) is 0. The van der Waals surface area contributed by atoms with Crippen molar-refractivity contribution in [3.05, 3.63) is 94.8 Å². The van der Waals surface area contributed by atoms with Crippen molar-refractivity contribution in [1.29, 1.82) is 0 Å². The number of benzene rings is 3. The minimum absolute atomic E-state index is 0.230. The smallest absolute Gasteiger partial charge is 0.123 e. The summed E-state index contributed by atoms with van der Waals surface area (Å²) in [7, 11) is 0. The van der Waals surface area contributed by atoms with E-state index in [2.05, 4.69) is 73.8 Å². The van der Waals surface area contributed by atoms with E-state index >= 15 is 0 Å². The van der Waals surface area contributed by atoms with E-state index in [9.17, 15) is 4.39 Å². The van der Waals surface area contributed by atoms with E-state index in [1.54, 1.807) is 12.1 Å². The average molecular weight is 317 g/mol. The van der Waals surface area contributed by atoms with Gasteiger partial charge in [0.05, 0.1) is 0 Å². The first-order chi connectivity index (χ1) is 11.6. The van der Waals surface area contributed by atoms with E-state index in [1.165, 1.54) is 23.3 Å². The van der Waals surface area contributed by atoms with Crippen molar-refractivity contribution in [2.24, 2.45) is 0 Å². The van der Waals surface area contributed by atoms with Crippen LogP contribution < -0.4 is 5.32 Å². The molecular weight excluding hydrogens is 297 g/mol. The Morgan fingerprint density at radius 1 is 0.750 bits per heavy atom. The molecule has 0 amide bonds. The topological polar surface area (TPSA) is 12.0 Å². The quantitative estimate of drug-likeness (QED) is 0.552. The third kappa shape index (κ3) is 4.11. The number of halogens is 1. The Bertz CT molecular complexity index is 846. The molecule has 2 heteroatoms. The molecule has 0 saturated heterocycles. The zero-order valence-corrected chi connectivity index (χ0v) is 13.9. The van der Waals surface area contributed by atoms with Gasteiger partial charge < -0.3 is 5.32 Å². The minimum atomic E-state index is -0.230. The van der Waals surface area contributed by atoms with E-state index in [-0.39, 0.29) is 5.82 Å². The van der Waals surface area contributed by atoms with Crippen LogP contribution in [0, 0.1) is 19.7 Å². The molecular formula is C22H20FN. The normalized spacial score (nSPS) is 11.0. The van der Waals surface area contributed by atoms with Crippen LogP contribution in [0.2, 0.25) is 0 Å². The predicted molar refractivity (Wildman–Crippen MR) is 101 cm³/mol. The molecule has 0 heterocycles. The summed E-state index contributed by atoms with van der Waals surface area (Å²) in [6.07, 6.45) is 4.20. The number of anilines is 2. The molecule has 3 aromatic rings. The fourth-order valence-electron chi connectivity index (χ4n) is 2.44. The lowest BCUT2D eigenvalue weighted by atomic mass is 10.1. The Kier molecular flexibility index (Phi) is 4.76. The highest BCUT2D eigenvalue weighted by atomic mass is 19.1. The third-order valence-electron chi connectivity index (χ3n) is 3.93. The lowest BCUT2D eigenvalue weighted by Crippen LogP contribution is -1.93. The molecule has 3 aromatic carbocycles. The zero-order valence-electron chi connectivity index (χ0n) is 13.9. The van der Waals surface area contributed by atoms with Crippen LogP contribution in [0.3, 0.4) is 0 Å². The molecule has 0 spiro atoms. The molecule has 0 aliphatic heterocycles. The summed E-state index contributed by atoms with van der Waals surface area (Å²) in [5.74, 6) is -0.230. The van der Waals surface area contributed by atoms with Crippen LogP contribution in [0.25, 0.3) is 12.2 Å². The molecule has 0 aromatic heterocycles.